The largest absolute Gasteiger partial charge is 0.497 e. The lowest BCUT2D eigenvalue weighted by molar-refractivity contribution is -0.123. The second kappa shape index (κ2) is 9.66. The molecule has 8 nitrogen and oxygen atoms in total. The first-order valence-corrected chi connectivity index (χ1v) is 9.81. The van der Waals surface area contributed by atoms with E-state index in [9.17, 15) is 9.59 Å². The number of nitrogens with zero attached hydrogens (tertiary/aromatic N) is 3. The summed E-state index contributed by atoms with van der Waals surface area (Å²) in [6.45, 7) is 5.68. The molecule has 3 rings (SSSR count). The zero-order chi connectivity index (χ0) is 19.9. The summed E-state index contributed by atoms with van der Waals surface area (Å²) in [7, 11) is 1.60. The minimum absolute atomic E-state index is 0.189. The van der Waals surface area contributed by atoms with Crippen molar-refractivity contribution in [3.8, 4) is 5.75 Å². The van der Waals surface area contributed by atoms with E-state index < -0.39 is 0 Å². The van der Waals surface area contributed by atoms with Gasteiger partial charge in [0, 0.05) is 31.3 Å². The number of ether oxygens (including phenoxy) is 2. The standard InChI is InChI=1S/C20H28N4O4/c1-3-4-5-8-24-17-13-15(27-2)6-7-16(17)19(20(24)26)22-21-18(25)14-23-9-11-28-12-10-23/h6-7,13H,3-5,8-12,14H2,1-2H3,(H,21,25). The lowest BCUT2D eigenvalue weighted by atomic mass is 10.1. The van der Waals surface area contributed by atoms with Gasteiger partial charge in [-0.1, -0.05) is 19.8 Å². The van der Waals surface area contributed by atoms with Crippen LogP contribution in [0.15, 0.2) is 23.3 Å². The van der Waals surface area contributed by atoms with E-state index in [4.69, 9.17) is 9.47 Å². The van der Waals surface area contributed by atoms with Crippen molar-refractivity contribution in [3.63, 3.8) is 0 Å². The van der Waals surface area contributed by atoms with Gasteiger partial charge in [0.1, 0.15) is 5.75 Å². The Balaban J connectivity index is 1.73. The van der Waals surface area contributed by atoms with Gasteiger partial charge in [-0.25, -0.2) is 5.43 Å². The average molecular weight is 388 g/mol. The maximum Gasteiger partial charge on any atom is 0.279 e. The molecule has 2 heterocycles. The minimum Gasteiger partial charge on any atom is -0.497 e. The summed E-state index contributed by atoms with van der Waals surface area (Å²) in [5, 5.41) is 4.17. The van der Waals surface area contributed by atoms with Crippen LogP contribution in [0.25, 0.3) is 0 Å². The fraction of sp³-hybridized carbons (Fsp3) is 0.550. The molecule has 152 valence electrons. The maximum atomic E-state index is 12.9. The third kappa shape index (κ3) is 4.69. The van der Waals surface area contributed by atoms with E-state index in [0.717, 1.165) is 38.0 Å². The molecule has 1 fully saturated rings. The molecule has 0 spiro atoms. The number of hydrazone groups is 1. The van der Waals surface area contributed by atoms with Gasteiger partial charge in [-0.2, -0.15) is 5.10 Å². The van der Waals surface area contributed by atoms with Gasteiger partial charge in [0.15, 0.2) is 5.71 Å². The Morgan fingerprint density at radius 1 is 1.29 bits per heavy atom. The molecule has 1 aromatic rings. The van der Waals surface area contributed by atoms with E-state index in [1.165, 1.54) is 0 Å². The van der Waals surface area contributed by atoms with E-state index in [0.29, 0.717) is 31.1 Å². The quantitative estimate of drug-likeness (QED) is 0.537. The number of nitrogens with one attached hydrogen (secondary N) is 1. The number of methoxy groups -OCH3 is 1. The molecule has 0 radical (unpaired) electrons. The first-order valence-electron chi connectivity index (χ1n) is 9.81. The van der Waals surface area contributed by atoms with Crippen LogP contribution in [0.2, 0.25) is 0 Å². The molecule has 0 bridgehead atoms. The van der Waals surface area contributed by atoms with E-state index >= 15 is 0 Å². The van der Waals surface area contributed by atoms with Crippen LogP contribution in [0.3, 0.4) is 0 Å². The van der Waals surface area contributed by atoms with Crippen LogP contribution >= 0.6 is 0 Å². The number of benzene rings is 1. The zero-order valence-corrected chi connectivity index (χ0v) is 16.6. The lowest BCUT2D eigenvalue weighted by Gasteiger charge is -2.25. The summed E-state index contributed by atoms with van der Waals surface area (Å²) >= 11 is 0. The van der Waals surface area contributed by atoms with Crippen molar-refractivity contribution in [2.45, 2.75) is 26.2 Å². The first kappa shape index (κ1) is 20.3. The highest BCUT2D eigenvalue weighted by Crippen LogP contribution is 2.33. The lowest BCUT2D eigenvalue weighted by Crippen LogP contribution is -2.42. The van der Waals surface area contributed by atoms with Crippen LogP contribution < -0.4 is 15.1 Å². The van der Waals surface area contributed by atoms with Crippen molar-refractivity contribution in [3.05, 3.63) is 23.8 Å². The second-order valence-electron chi connectivity index (χ2n) is 6.93. The SMILES string of the molecule is CCCCCN1C(=O)C(=NNC(=O)CN2CCOCC2)c2ccc(OC)cc21. The Hall–Kier alpha value is -2.45. The Morgan fingerprint density at radius 3 is 2.79 bits per heavy atom. The Morgan fingerprint density at radius 2 is 2.07 bits per heavy atom. The Kier molecular flexibility index (Phi) is 7.00. The van der Waals surface area contributed by atoms with Crippen LogP contribution in [0.5, 0.6) is 5.75 Å². The number of rotatable bonds is 8. The van der Waals surface area contributed by atoms with Crippen molar-refractivity contribution in [2.75, 3.05) is 51.4 Å². The molecular weight excluding hydrogens is 360 g/mol. The fourth-order valence-corrected chi connectivity index (χ4v) is 3.38. The number of carbonyl (C=O) groups is 2. The van der Waals surface area contributed by atoms with E-state index in [1.54, 1.807) is 18.1 Å². The van der Waals surface area contributed by atoms with E-state index in [1.807, 2.05) is 17.0 Å². The molecule has 0 saturated carbocycles. The van der Waals surface area contributed by atoms with Crippen molar-refractivity contribution in [1.82, 2.24) is 10.3 Å². The third-order valence-corrected chi connectivity index (χ3v) is 4.95. The number of hydrogen-bond donors (Lipinski definition) is 1. The van der Waals surface area contributed by atoms with Gasteiger partial charge in [0.05, 0.1) is 32.6 Å². The number of carbonyl (C=O) groups excluding carboxylic acids is 2. The topological polar surface area (TPSA) is 83.5 Å². The molecule has 2 aliphatic heterocycles. The van der Waals surface area contributed by atoms with Crippen LogP contribution in [0.4, 0.5) is 5.69 Å². The monoisotopic (exact) mass is 388 g/mol. The molecule has 1 aromatic carbocycles. The number of anilines is 1. The summed E-state index contributed by atoms with van der Waals surface area (Å²) in [5.41, 5.74) is 4.31. The highest BCUT2D eigenvalue weighted by molar-refractivity contribution is 6.54. The molecule has 0 aliphatic carbocycles. The molecule has 0 atom stereocenters. The second-order valence-corrected chi connectivity index (χ2v) is 6.93. The van der Waals surface area contributed by atoms with E-state index in [2.05, 4.69) is 17.5 Å². The van der Waals surface area contributed by atoms with Gasteiger partial charge < -0.3 is 14.4 Å². The minimum atomic E-state index is -0.235. The van der Waals surface area contributed by atoms with Crippen molar-refractivity contribution < 1.29 is 19.1 Å². The van der Waals surface area contributed by atoms with Crippen LogP contribution in [0.1, 0.15) is 31.7 Å². The summed E-state index contributed by atoms with van der Waals surface area (Å²) < 4.78 is 10.6. The van der Waals surface area contributed by atoms with Gasteiger partial charge in [0.25, 0.3) is 11.8 Å². The zero-order valence-electron chi connectivity index (χ0n) is 16.6. The molecule has 28 heavy (non-hydrogen) atoms. The molecule has 2 amide bonds. The van der Waals surface area contributed by atoms with Crippen molar-refractivity contribution in [2.24, 2.45) is 5.10 Å². The van der Waals surface area contributed by atoms with Crippen LogP contribution in [0, 0.1) is 0 Å². The summed E-state index contributed by atoms with van der Waals surface area (Å²) in [4.78, 5) is 28.9. The highest BCUT2D eigenvalue weighted by Gasteiger charge is 2.34. The summed E-state index contributed by atoms with van der Waals surface area (Å²) in [6.07, 6.45) is 3.03. The van der Waals surface area contributed by atoms with Crippen LogP contribution in [-0.4, -0.2) is 68.9 Å². The average Bonchev–Trinajstić information content (AvgIpc) is 2.97. The molecule has 1 N–H and O–H groups in total. The van der Waals surface area contributed by atoms with Gasteiger partial charge in [0.2, 0.25) is 0 Å². The molecule has 2 aliphatic rings. The number of hydrogen-bond acceptors (Lipinski definition) is 6. The van der Waals surface area contributed by atoms with Gasteiger partial charge >= 0.3 is 0 Å². The maximum absolute atomic E-state index is 12.9. The van der Waals surface area contributed by atoms with Crippen LogP contribution in [-0.2, 0) is 14.3 Å². The Bertz CT molecular complexity index is 744. The molecule has 0 aromatic heterocycles. The molecule has 1 saturated heterocycles. The third-order valence-electron chi connectivity index (χ3n) is 4.95. The normalized spacial score (nSPS) is 18.4. The molecule has 8 heteroatoms. The fourth-order valence-electron chi connectivity index (χ4n) is 3.38. The predicted molar refractivity (Wildman–Crippen MR) is 107 cm³/mol. The molecular formula is C20H28N4O4. The Labute approximate surface area is 165 Å². The number of morpholine rings is 1. The van der Waals surface area contributed by atoms with Gasteiger partial charge in [-0.05, 0) is 18.6 Å². The number of fused-ring (bicyclic) bond motifs is 1. The molecule has 0 unspecified atom stereocenters. The van der Waals surface area contributed by atoms with E-state index in [-0.39, 0.29) is 24.1 Å². The number of unbranched alkanes of at least 4 members (excludes halogenated alkanes) is 2. The van der Waals surface area contributed by atoms with Crippen molar-refractivity contribution >= 4 is 23.2 Å². The van der Waals surface area contributed by atoms with Gasteiger partial charge in [-0.3, -0.25) is 14.5 Å². The first-order chi connectivity index (χ1) is 13.6. The summed E-state index contributed by atoms with van der Waals surface area (Å²) in [6, 6.07) is 5.46. The highest BCUT2D eigenvalue weighted by atomic mass is 16.5. The van der Waals surface area contributed by atoms with Crippen molar-refractivity contribution in [1.29, 1.82) is 0 Å². The predicted octanol–water partition coefficient (Wildman–Crippen LogP) is 1.38. The smallest absolute Gasteiger partial charge is 0.279 e. The number of amides is 2. The summed E-state index contributed by atoms with van der Waals surface area (Å²) in [5.74, 6) is 0.261. The van der Waals surface area contributed by atoms with Gasteiger partial charge in [-0.15, -0.1) is 0 Å².